The average Bonchev–Trinajstić information content (AvgIpc) is 2.65. The lowest BCUT2D eigenvalue weighted by molar-refractivity contribution is -0.114. The Bertz CT molecular complexity index is 305. The summed E-state index contributed by atoms with van der Waals surface area (Å²) in [5, 5.41) is 2.57. The maximum absolute atomic E-state index is 11.2. The van der Waals surface area contributed by atoms with Gasteiger partial charge in [0.25, 0.3) is 5.91 Å². The number of hydrogen-bond donors (Lipinski definition) is 0. The second-order valence-electron chi connectivity index (χ2n) is 2.22. The number of carbonyl (C=O) groups excluding carboxylic acids is 2. The summed E-state index contributed by atoms with van der Waals surface area (Å²) >= 11 is 1.39. The van der Waals surface area contributed by atoms with Crippen LogP contribution in [-0.4, -0.2) is 18.7 Å². The highest BCUT2D eigenvalue weighted by Crippen LogP contribution is 2.20. The molecule has 1 radical (unpaired) electrons. The minimum atomic E-state index is -0.286. The molecule has 0 saturated heterocycles. The van der Waals surface area contributed by atoms with E-state index >= 15 is 0 Å². The normalized spacial score (nSPS) is 9.23. The van der Waals surface area contributed by atoms with Crippen LogP contribution in [0.2, 0.25) is 0 Å². The van der Waals surface area contributed by atoms with Gasteiger partial charge in [0, 0.05) is 0 Å². The predicted molar refractivity (Wildman–Crippen MR) is 52.6 cm³/mol. The van der Waals surface area contributed by atoms with E-state index in [2.05, 4.69) is 6.58 Å². The highest BCUT2D eigenvalue weighted by Gasteiger charge is 2.12. The standard InChI is InChI=1S/C9H8NO2S/c1-2-8(12)10(5-6-11)9-4-3-7-13-9/h2-4,7H,1,5H2. The molecule has 0 fully saturated rings. The van der Waals surface area contributed by atoms with Gasteiger partial charge < -0.3 is 0 Å². The zero-order chi connectivity index (χ0) is 9.68. The fourth-order valence-electron chi connectivity index (χ4n) is 0.863. The van der Waals surface area contributed by atoms with E-state index in [9.17, 15) is 9.59 Å². The van der Waals surface area contributed by atoms with Gasteiger partial charge in [-0.1, -0.05) is 6.58 Å². The molecule has 0 aliphatic carbocycles. The molecule has 0 spiro atoms. The average molecular weight is 194 g/mol. The van der Waals surface area contributed by atoms with Crippen molar-refractivity contribution in [3.8, 4) is 0 Å². The Hall–Kier alpha value is -1.42. The molecule has 0 N–H and O–H groups in total. The van der Waals surface area contributed by atoms with Gasteiger partial charge in [-0.2, -0.15) is 0 Å². The molecule has 1 amide bonds. The summed E-state index contributed by atoms with van der Waals surface area (Å²) in [6.07, 6.45) is 2.86. The molecule has 1 aromatic rings. The third kappa shape index (κ3) is 2.26. The van der Waals surface area contributed by atoms with E-state index in [4.69, 9.17) is 0 Å². The van der Waals surface area contributed by atoms with Crippen molar-refractivity contribution in [2.45, 2.75) is 0 Å². The minimum absolute atomic E-state index is 0.0502. The van der Waals surface area contributed by atoms with Gasteiger partial charge in [0.2, 0.25) is 6.29 Å². The van der Waals surface area contributed by atoms with E-state index in [-0.39, 0.29) is 12.5 Å². The number of carbonyl (C=O) groups is 1. The van der Waals surface area contributed by atoms with Crippen molar-refractivity contribution in [1.29, 1.82) is 0 Å². The SMILES string of the molecule is C=CC(=O)N(C[C]=O)c1cccs1. The van der Waals surface area contributed by atoms with Crippen LogP contribution in [0, 0.1) is 0 Å². The Morgan fingerprint density at radius 2 is 2.54 bits per heavy atom. The van der Waals surface area contributed by atoms with E-state index in [0.717, 1.165) is 5.00 Å². The number of hydrogen-bond acceptors (Lipinski definition) is 3. The van der Waals surface area contributed by atoms with Crippen LogP contribution in [0.25, 0.3) is 0 Å². The second kappa shape index (κ2) is 4.57. The van der Waals surface area contributed by atoms with Gasteiger partial charge in [0.1, 0.15) is 0 Å². The molecule has 3 nitrogen and oxygen atoms in total. The van der Waals surface area contributed by atoms with Crippen LogP contribution >= 0.6 is 11.3 Å². The summed E-state index contributed by atoms with van der Waals surface area (Å²) in [6, 6.07) is 3.58. The molecule has 67 valence electrons. The number of nitrogens with zero attached hydrogens (tertiary/aromatic N) is 1. The van der Waals surface area contributed by atoms with Crippen LogP contribution in [0.15, 0.2) is 30.2 Å². The summed E-state index contributed by atoms with van der Waals surface area (Å²) in [6.45, 7) is 3.31. The molecule has 1 rings (SSSR count). The number of anilines is 1. The third-order valence-electron chi connectivity index (χ3n) is 1.44. The number of rotatable bonds is 4. The predicted octanol–water partition coefficient (Wildman–Crippen LogP) is 1.38. The number of amides is 1. The minimum Gasteiger partial charge on any atom is -0.292 e. The summed E-state index contributed by atoms with van der Waals surface area (Å²) in [7, 11) is 0. The van der Waals surface area contributed by atoms with E-state index < -0.39 is 0 Å². The molecule has 1 heterocycles. The van der Waals surface area contributed by atoms with E-state index in [1.54, 1.807) is 12.4 Å². The maximum Gasteiger partial charge on any atom is 0.251 e. The molecule has 0 unspecified atom stereocenters. The molecule has 0 aromatic carbocycles. The van der Waals surface area contributed by atoms with Crippen molar-refractivity contribution >= 4 is 28.5 Å². The Kier molecular flexibility index (Phi) is 3.40. The Balaban J connectivity index is 2.85. The summed E-state index contributed by atoms with van der Waals surface area (Å²) in [4.78, 5) is 22.7. The van der Waals surface area contributed by atoms with Crippen molar-refractivity contribution in [2.75, 3.05) is 11.4 Å². The molecule has 0 saturated carbocycles. The zero-order valence-electron chi connectivity index (χ0n) is 6.90. The smallest absolute Gasteiger partial charge is 0.251 e. The van der Waals surface area contributed by atoms with Crippen LogP contribution in [0.4, 0.5) is 5.00 Å². The topological polar surface area (TPSA) is 37.4 Å². The van der Waals surface area contributed by atoms with Gasteiger partial charge in [-0.3, -0.25) is 14.5 Å². The quantitative estimate of drug-likeness (QED) is 0.679. The Morgan fingerprint density at radius 1 is 1.77 bits per heavy atom. The highest BCUT2D eigenvalue weighted by molar-refractivity contribution is 7.14. The lowest BCUT2D eigenvalue weighted by Gasteiger charge is -2.14. The van der Waals surface area contributed by atoms with Gasteiger partial charge in [0.05, 0.1) is 11.5 Å². The molecular weight excluding hydrogens is 186 g/mol. The van der Waals surface area contributed by atoms with Crippen LogP contribution in [0.1, 0.15) is 0 Å². The summed E-state index contributed by atoms with van der Waals surface area (Å²) in [5.41, 5.74) is 0. The molecule has 0 aliphatic rings. The first-order chi connectivity index (χ1) is 6.29. The molecule has 4 heteroatoms. The van der Waals surface area contributed by atoms with Crippen LogP contribution in [0.3, 0.4) is 0 Å². The zero-order valence-corrected chi connectivity index (χ0v) is 7.71. The van der Waals surface area contributed by atoms with Crippen molar-refractivity contribution in [3.05, 3.63) is 30.2 Å². The molecule has 0 aliphatic heterocycles. The van der Waals surface area contributed by atoms with Crippen LogP contribution in [-0.2, 0) is 9.59 Å². The van der Waals surface area contributed by atoms with Gasteiger partial charge in [-0.05, 0) is 23.6 Å². The molecule has 1 aromatic heterocycles. The van der Waals surface area contributed by atoms with Crippen molar-refractivity contribution < 1.29 is 9.59 Å². The lowest BCUT2D eigenvalue weighted by atomic mass is 10.4. The van der Waals surface area contributed by atoms with Gasteiger partial charge in [0.15, 0.2) is 0 Å². The highest BCUT2D eigenvalue weighted by atomic mass is 32.1. The monoisotopic (exact) mass is 194 g/mol. The first-order valence-electron chi connectivity index (χ1n) is 3.62. The van der Waals surface area contributed by atoms with Crippen LogP contribution < -0.4 is 4.90 Å². The fraction of sp³-hybridized carbons (Fsp3) is 0.111. The third-order valence-corrected chi connectivity index (χ3v) is 2.33. The summed E-state index contributed by atoms with van der Waals surface area (Å²) in [5.74, 6) is -0.286. The first kappa shape index (κ1) is 9.67. The van der Waals surface area contributed by atoms with Crippen molar-refractivity contribution in [3.63, 3.8) is 0 Å². The Labute approximate surface area is 80.3 Å². The molecular formula is C9H8NO2S. The molecule has 13 heavy (non-hydrogen) atoms. The van der Waals surface area contributed by atoms with Gasteiger partial charge in [-0.25, -0.2) is 0 Å². The van der Waals surface area contributed by atoms with Crippen molar-refractivity contribution in [2.24, 2.45) is 0 Å². The van der Waals surface area contributed by atoms with E-state index in [0.29, 0.717) is 0 Å². The maximum atomic E-state index is 11.2. The summed E-state index contributed by atoms with van der Waals surface area (Å²) < 4.78 is 0. The van der Waals surface area contributed by atoms with E-state index in [1.807, 2.05) is 11.4 Å². The Morgan fingerprint density at radius 3 is 3.00 bits per heavy atom. The number of thiophene rings is 1. The van der Waals surface area contributed by atoms with Crippen molar-refractivity contribution in [1.82, 2.24) is 0 Å². The first-order valence-corrected chi connectivity index (χ1v) is 4.50. The fourth-order valence-corrected chi connectivity index (χ4v) is 1.60. The lowest BCUT2D eigenvalue weighted by Crippen LogP contribution is -2.29. The van der Waals surface area contributed by atoms with Crippen LogP contribution in [0.5, 0.6) is 0 Å². The second-order valence-corrected chi connectivity index (χ2v) is 3.15. The molecule has 0 bridgehead atoms. The van der Waals surface area contributed by atoms with Gasteiger partial charge >= 0.3 is 0 Å². The molecule has 0 atom stereocenters. The van der Waals surface area contributed by atoms with E-state index in [1.165, 1.54) is 22.3 Å². The van der Waals surface area contributed by atoms with Gasteiger partial charge in [-0.15, -0.1) is 11.3 Å². The largest absolute Gasteiger partial charge is 0.292 e.